The van der Waals surface area contributed by atoms with Crippen molar-refractivity contribution in [1.29, 1.82) is 0 Å². The van der Waals surface area contributed by atoms with Gasteiger partial charge in [-0.05, 0) is 6.42 Å². The molecule has 0 spiro atoms. The molecule has 0 saturated heterocycles. The summed E-state index contributed by atoms with van der Waals surface area (Å²) in [4.78, 5) is 10.3. The van der Waals surface area contributed by atoms with Crippen LogP contribution in [0.2, 0.25) is 0 Å². The number of rotatable bonds is 9. The summed E-state index contributed by atoms with van der Waals surface area (Å²) in [5, 5.41) is 8.30. The molecular formula is C10H18F4O4. The quantitative estimate of drug-likeness (QED) is 0.519. The van der Waals surface area contributed by atoms with Gasteiger partial charge in [0.15, 0.2) is 0 Å². The summed E-state index contributed by atoms with van der Waals surface area (Å²) in [5.41, 5.74) is 0. The third kappa shape index (κ3) is 9.17. The Balaban J connectivity index is 0. The van der Waals surface area contributed by atoms with Gasteiger partial charge in [0.2, 0.25) is 0 Å². The molecule has 1 N–H and O–H groups in total. The van der Waals surface area contributed by atoms with Crippen molar-refractivity contribution in [3.05, 3.63) is 0 Å². The van der Waals surface area contributed by atoms with Crippen molar-refractivity contribution in [3.8, 4) is 0 Å². The molecule has 4 nitrogen and oxygen atoms in total. The standard InChI is InChI=1S/C10H17F3O4.FH/c1-2-3-4-5-16-6-7-17-8(9(14)15)10(11,12)13;/h8H,2-7H2,1H3,(H,14,15);1H. The van der Waals surface area contributed by atoms with Crippen molar-refractivity contribution in [2.75, 3.05) is 19.8 Å². The van der Waals surface area contributed by atoms with Gasteiger partial charge in [-0.1, -0.05) is 19.8 Å². The smallest absolute Gasteiger partial charge is 0.425 e. The summed E-state index contributed by atoms with van der Waals surface area (Å²) in [5.74, 6) is -2.04. The fourth-order valence-electron chi connectivity index (χ4n) is 1.09. The van der Waals surface area contributed by atoms with E-state index in [1.807, 2.05) is 6.92 Å². The predicted octanol–water partition coefficient (Wildman–Crippen LogP) is 2.38. The number of carboxylic acids is 1. The summed E-state index contributed by atoms with van der Waals surface area (Å²) in [7, 11) is 0. The molecular weight excluding hydrogens is 260 g/mol. The topological polar surface area (TPSA) is 55.8 Å². The van der Waals surface area contributed by atoms with E-state index in [1.165, 1.54) is 0 Å². The Kier molecular flexibility index (Phi) is 10.9. The maximum atomic E-state index is 12.1. The first-order chi connectivity index (χ1) is 7.89. The lowest BCUT2D eigenvalue weighted by Gasteiger charge is -2.16. The average Bonchev–Trinajstić information content (AvgIpc) is 2.19. The molecule has 0 aromatic carbocycles. The van der Waals surface area contributed by atoms with Crippen LogP contribution in [-0.2, 0) is 14.3 Å². The van der Waals surface area contributed by atoms with Gasteiger partial charge in [0, 0.05) is 6.61 Å². The van der Waals surface area contributed by atoms with E-state index in [4.69, 9.17) is 9.84 Å². The molecule has 0 saturated carbocycles. The maximum Gasteiger partial charge on any atom is 0.425 e. The number of carbonyl (C=O) groups is 1. The summed E-state index contributed by atoms with van der Waals surface area (Å²) >= 11 is 0. The van der Waals surface area contributed by atoms with Crippen molar-refractivity contribution < 1.29 is 37.3 Å². The molecule has 1 atom stereocenters. The molecule has 0 rings (SSSR count). The highest BCUT2D eigenvalue weighted by Gasteiger charge is 2.46. The van der Waals surface area contributed by atoms with Crippen LogP contribution in [0.25, 0.3) is 0 Å². The van der Waals surface area contributed by atoms with E-state index in [0.29, 0.717) is 6.61 Å². The minimum Gasteiger partial charge on any atom is -0.479 e. The number of hydrogen-bond acceptors (Lipinski definition) is 3. The minimum absolute atomic E-state index is 0. The zero-order valence-electron chi connectivity index (χ0n) is 10.0. The van der Waals surface area contributed by atoms with Crippen LogP contribution in [0, 0.1) is 0 Å². The van der Waals surface area contributed by atoms with Gasteiger partial charge in [0.25, 0.3) is 6.10 Å². The number of ether oxygens (including phenoxy) is 2. The van der Waals surface area contributed by atoms with Crippen molar-refractivity contribution in [2.45, 2.75) is 38.5 Å². The Morgan fingerprint density at radius 3 is 2.28 bits per heavy atom. The Hall–Kier alpha value is -0.890. The molecule has 0 heterocycles. The molecule has 0 aliphatic heterocycles. The van der Waals surface area contributed by atoms with Gasteiger partial charge in [0.05, 0.1) is 13.2 Å². The SMILES string of the molecule is CCCCCOCCOC(C(=O)O)C(F)(F)F.F. The molecule has 110 valence electrons. The van der Waals surface area contributed by atoms with Crippen molar-refractivity contribution in [3.63, 3.8) is 0 Å². The average molecular weight is 278 g/mol. The second-order valence-corrected chi connectivity index (χ2v) is 3.45. The molecule has 18 heavy (non-hydrogen) atoms. The molecule has 0 aromatic rings. The van der Waals surface area contributed by atoms with E-state index in [0.717, 1.165) is 19.3 Å². The fraction of sp³-hybridized carbons (Fsp3) is 0.900. The van der Waals surface area contributed by atoms with Crippen molar-refractivity contribution in [2.24, 2.45) is 0 Å². The van der Waals surface area contributed by atoms with Crippen LogP contribution in [-0.4, -0.2) is 43.2 Å². The number of carboxylic acid groups (broad SMARTS) is 1. The molecule has 0 aliphatic rings. The first kappa shape index (κ1) is 19.4. The molecule has 0 radical (unpaired) electrons. The lowest BCUT2D eigenvalue weighted by atomic mass is 10.3. The van der Waals surface area contributed by atoms with Crippen LogP contribution in [0.5, 0.6) is 0 Å². The molecule has 0 aromatic heterocycles. The van der Waals surface area contributed by atoms with E-state index in [-0.39, 0.29) is 17.9 Å². The minimum atomic E-state index is -4.89. The number of alkyl halides is 3. The van der Waals surface area contributed by atoms with Gasteiger partial charge >= 0.3 is 12.1 Å². The number of halogens is 4. The first-order valence-electron chi connectivity index (χ1n) is 5.38. The second-order valence-electron chi connectivity index (χ2n) is 3.45. The van der Waals surface area contributed by atoms with Gasteiger partial charge < -0.3 is 14.6 Å². The van der Waals surface area contributed by atoms with Gasteiger partial charge in [-0.25, -0.2) is 4.79 Å². The molecule has 0 fully saturated rings. The largest absolute Gasteiger partial charge is 0.479 e. The monoisotopic (exact) mass is 278 g/mol. The van der Waals surface area contributed by atoms with E-state index in [2.05, 4.69) is 4.74 Å². The van der Waals surface area contributed by atoms with Gasteiger partial charge in [-0.2, -0.15) is 13.2 Å². The summed E-state index contributed by atoms with van der Waals surface area (Å²) < 4.78 is 45.5. The van der Waals surface area contributed by atoms with Crippen molar-refractivity contribution >= 4 is 5.97 Å². The Morgan fingerprint density at radius 1 is 1.22 bits per heavy atom. The lowest BCUT2D eigenvalue weighted by Crippen LogP contribution is -2.39. The maximum absolute atomic E-state index is 12.1. The molecule has 0 amide bonds. The predicted molar refractivity (Wildman–Crippen MR) is 56.3 cm³/mol. The summed E-state index contributed by atoms with van der Waals surface area (Å²) in [6, 6.07) is 0. The number of aliphatic carboxylic acids is 1. The zero-order chi connectivity index (χ0) is 13.3. The van der Waals surface area contributed by atoms with Crippen LogP contribution < -0.4 is 0 Å². The third-order valence-electron chi connectivity index (χ3n) is 1.93. The van der Waals surface area contributed by atoms with Crippen LogP contribution in [0.3, 0.4) is 0 Å². The number of hydrogen-bond donors (Lipinski definition) is 1. The van der Waals surface area contributed by atoms with Crippen LogP contribution in [0.4, 0.5) is 17.9 Å². The highest BCUT2D eigenvalue weighted by atomic mass is 19.4. The third-order valence-corrected chi connectivity index (χ3v) is 1.93. The van der Waals surface area contributed by atoms with Gasteiger partial charge in [-0.3, -0.25) is 4.70 Å². The van der Waals surface area contributed by atoms with Crippen LogP contribution >= 0.6 is 0 Å². The highest BCUT2D eigenvalue weighted by Crippen LogP contribution is 2.22. The Labute approximate surface area is 102 Å². The fourth-order valence-corrected chi connectivity index (χ4v) is 1.09. The molecule has 0 aliphatic carbocycles. The van der Waals surface area contributed by atoms with Gasteiger partial charge in [0.1, 0.15) is 0 Å². The first-order valence-corrected chi connectivity index (χ1v) is 5.38. The summed E-state index contributed by atoms with van der Waals surface area (Å²) in [6.45, 7) is 2.04. The highest BCUT2D eigenvalue weighted by molar-refractivity contribution is 5.73. The van der Waals surface area contributed by atoms with Gasteiger partial charge in [-0.15, -0.1) is 0 Å². The van der Waals surface area contributed by atoms with Crippen molar-refractivity contribution in [1.82, 2.24) is 0 Å². The van der Waals surface area contributed by atoms with Crippen LogP contribution in [0.15, 0.2) is 0 Å². The lowest BCUT2D eigenvalue weighted by molar-refractivity contribution is -0.229. The zero-order valence-corrected chi connectivity index (χ0v) is 10.0. The summed E-state index contributed by atoms with van der Waals surface area (Å²) in [6.07, 6.45) is -4.83. The molecule has 8 heteroatoms. The van der Waals surface area contributed by atoms with E-state index >= 15 is 0 Å². The normalized spacial score (nSPS) is 12.9. The molecule has 1 unspecified atom stereocenters. The van der Waals surface area contributed by atoms with E-state index in [9.17, 15) is 18.0 Å². The van der Waals surface area contributed by atoms with Crippen LogP contribution in [0.1, 0.15) is 26.2 Å². The Bertz CT molecular complexity index is 220. The molecule has 0 bridgehead atoms. The number of unbranched alkanes of at least 4 members (excludes halogenated alkanes) is 2. The second kappa shape index (κ2) is 10.1. The van der Waals surface area contributed by atoms with E-state index in [1.54, 1.807) is 0 Å². The Morgan fingerprint density at radius 2 is 1.83 bits per heavy atom. The van der Waals surface area contributed by atoms with E-state index < -0.39 is 18.2 Å².